The van der Waals surface area contributed by atoms with Crippen LogP contribution in [0.25, 0.3) is 11.3 Å². The van der Waals surface area contributed by atoms with Crippen LogP contribution in [0.4, 0.5) is 18.9 Å². The van der Waals surface area contributed by atoms with Crippen molar-refractivity contribution >= 4 is 23.4 Å². The van der Waals surface area contributed by atoms with E-state index in [1.807, 2.05) is 41.9 Å². The van der Waals surface area contributed by atoms with Crippen molar-refractivity contribution in [2.75, 3.05) is 11.1 Å². The SMILES string of the molecule is Cn1c(-c2ccccc2)cnc1SCC(=O)Nc1ccc(OC(F)(F)F)cc1. The Kier molecular flexibility index (Phi) is 5.93. The van der Waals surface area contributed by atoms with Crippen LogP contribution in [0.3, 0.4) is 0 Å². The van der Waals surface area contributed by atoms with E-state index in [4.69, 9.17) is 0 Å². The lowest BCUT2D eigenvalue weighted by Gasteiger charge is -2.10. The third-order valence-corrected chi connectivity index (χ3v) is 4.76. The highest BCUT2D eigenvalue weighted by Crippen LogP contribution is 2.26. The Bertz CT molecular complexity index is 941. The van der Waals surface area contributed by atoms with E-state index < -0.39 is 6.36 Å². The van der Waals surface area contributed by atoms with Crippen LogP contribution in [0.5, 0.6) is 5.75 Å². The molecular formula is C19H16F3N3O2S. The molecule has 3 aromatic rings. The summed E-state index contributed by atoms with van der Waals surface area (Å²) in [7, 11) is 1.87. The van der Waals surface area contributed by atoms with Gasteiger partial charge in [0, 0.05) is 12.7 Å². The number of halogens is 3. The number of aromatic nitrogens is 2. The van der Waals surface area contributed by atoms with Gasteiger partial charge in [0.05, 0.1) is 17.6 Å². The number of nitrogens with one attached hydrogen (secondary N) is 1. The van der Waals surface area contributed by atoms with Gasteiger partial charge in [0.2, 0.25) is 5.91 Å². The molecule has 1 aromatic heterocycles. The Morgan fingerprint density at radius 2 is 1.82 bits per heavy atom. The standard InChI is InChI=1S/C19H16F3N3O2S/c1-25-16(13-5-3-2-4-6-13)11-23-18(25)28-12-17(26)24-14-7-9-15(10-8-14)27-19(20,21)22/h2-11H,12H2,1H3,(H,24,26). The van der Waals surface area contributed by atoms with E-state index in [-0.39, 0.29) is 17.4 Å². The number of hydrogen-bond acceptors (Lipinski definition) is 4. The number of rotatable bonds is 6. The van der Waals surface area contributed by atoms with Crippen LogP contribution in [0.2, 0.25) is 0 Å². The second-order valence-electron chi connectivity index (χ2n) is 5.76. The summed E-state index contributed by atoms with van der Waals surface area (Å²) >= 11 is 1.27. The fourth-order valence-electron chi connectivity index (χ4n) is 2.47. The number of carbonyl (C=O) groups is 1. The van der Waals surface area contributed by atoms with Crippen molar-refractivity contribution in [3.05, 3.63) is 60.8 Å². The van der Waals surface area contributed by atoms with Gasteiger partial charge in [0.1, 0.15) is 5.75 Å². The second kappa shape index (κ2) is 8.39. The summed E-state index contributed by atoms with van der Waals surface area (Å²) in [6, 6.07) is 14.7. The van der Waals surface area contributed by atoms with E-state index in [0.29, 0.717) is 10.8 Å². The third kappa shape index (κ3) is 5.29. The van der Waals surface area contributed by atoms with E-state index >= 15 is 0 Å². The molecule has 1 N–H and O–H groups in total. The number of thioether (sulfide) groups is 1. The van der Waals surface area contributed by atoms with Crippen LogP contribution in [0, 0.1) is 0 Å². The van der Waals surface area contributed by atoms with Crippen molar-refractivity contribution in [3.63, 3.8) is 0 Å². The van der Waals surface area contributed by atoms with Gasteiger partial charge in [-0.3, -0.25) is 4.79 Å². The van der Waals surface area contributed by atoms with Crippen LogP contribution in [0.1, 0.15) is 0 Å². The minimum atomic E-state index is -4.75. The van der Waals surface area contributed by atoms with Gasteiger partial charge >= 0.3 is 6.36 Å². The quantitative estimate of drug-likeness (QED) is 0.601. The molecule has 0 bridgehead atoms. The van der Waals surface area contributed by atoms with Crippen LogP contribution >= 0.6 is 11.8 Å². The molecule has 0 atom stereocenters. The molecule has 1 heterocycles. The Morgan fingerprint density at radius 1 is 1.14 bits per heavy atom. The highest BCUT2D eigenvalue weighted by Gasteiger charge is 2.30. The summed E-state index contributed by atoms with van der Waals surface area (Å²) < 4.78 is 42.2. The third-order valence-electron chi connectivity index (χ3n) is 3.72. The zero-order valence-electron chi connectivity index (χ0n) is 14.7. The maximum atomic E-state index is 12.2. The molecule has 3 rings (SSSR count). The van der Waals surface area contributed by atoms with Crippen LogP contribution in [0.15, 0.2) is 66.0 Å². The van der Waals surface area contributed by atoms with Gasteiger partial charge in [-0.05, 0) is 29.8 Å². The van der Waals surface area contributed by atoms with Crippen molar-refractivity contribution in [2.24, 2.45) is 7.05 Å². The molecule has 0 aliphatic heterocycles. The fourth-order valence-corrected chi connectivity index (χ4v) is 3.22. The number of alkyl halides is 3. The van der Waals surface area contributed by atoms with E-state index in [2.05, 4.69) is 15.0 Å². The molecular weight excluding hydrogens is 391 g/mol. The van der Waals surface area contributed by atoms with Crippen molar-refractivity contribution in [2.45, 2.75) is 11.5 Å². The van der Waals surface area contributed by atoms with Gasteiger partial charge in [-0.25, -0.2) is 4.98 Å². The molecule has 0 aliphatic carbocycles. The predicted octanol–water partition coefficient (Wildman–Crippen LogP) is 4.72. The average molecular weight is 407 g/mol. The van der Waals surface area contributed by atoms with E-state index in [1.165, 1.54) is 23.9 Å². The molecule has 0 saturated carbocycles. The Balaban J connectivity index is 1.56. The first-order valence-corrected chi connectivity index (χ1v) is 9.16. The Hall–Kier alpha value is -2.94. The minimum absolute atomic E-state index is 0.111. The molecule has 0 fully saturated rings. The lowest BCUT2D eigenvalue weighted by atomic mass is 10.2. The molecule has 146 valence electrons. The number of benzene rings is 2. The maximum absolute atomic E-state index is 12.2. The lowest BCUT2D eigenvalue weighted by Crippen LogP contribution is -2.17. The van der Waals surface area contributed by atoms with E-state index in [0.717, 1.165) is 23.4 Å². The molecule has 28 heavy (non-hydrogen) atoms. The monoisotopic (exact) mass is 407 g/mol. The average Bonchev–Trinajstić information content (AvgIpc) is 3.02. The fraction of sp³-hybridized carbons (Fsp3) is 0.158. The van der Waals surface area contributed by atoms with Crippen LogP contribution in [-0.2, 0) is 11.8 Å². The Morgan fingerprint density at radius 3 is 2.46 bits per heavy atom. The molecule has 5 nitrogen and oxygen atoms in total. The van der Waals surface area contributed by atoms with Crippen molar-refractivity contribution in [3.8, 4) is 17.0 Å². The lowest BCUT2D eigenvalue weighted by molar-refractivity contribution is -0.274. The van der Waals surface area contributed by atoms with Gasteiger partial charge in [-0.15, -0.1) is 13.2 Å². The summed E-state index contributed by atoms with van der Waals surface area (Å²) in [5.41, 5.74) is 2.34. The van der Waals surface area contributed by atoms with Crippen LogP contribution < -0.4 is 10.1 Å². The molecule has 0 saturated heterocycles. The van der Waals surface area contributed by atoms with E-state index in [1.54, 1.807) is 6.20 Å². The molecule has 0 aliphatic rings. The minimum Gasteiger partial charge on any atom is -0.406 e. The number of ether oxygens (including phenoxy) is 1. The number of hydrogen-bond donors (Lipinski definition) is 1. The topological polar surface area (TPSA) is 56.2 Å². The smallest absolute Gasteiger partial charge is 0.406 e. The number of carbonyl (C=O) groups excluding carboxylic acids is 1. The zero-order chi connectivity index (χ0) is 20.1. The van der Waals surface area contributed by atoms with Crippen LogP contribution in [-0.4, -0.2) is 27.6 Å². The van der Waals surface area contributed by atoms with E-state index in [9.17, 15) is 18.0 Å². The summed E-state index contributed by atoms with van der Waals surface area (Å²) in [5.74, 6) is -0.528. The van der Waals surface area contributed by atoms with Gasteiger partial charge in [-0.2, -0.15) is 0 Å². The molecule has 0 unspecified atom stereocenters. The summed E-state index contributed by atoms with van der Waals surface area (Å²) in [4.78, 5) is 16.4. The van der Waals surface area contributed by atoms with Crippen molar-refractivity contribution < 1.29 is 22.7 Å². The number of imidazole rings is 1. The largest absolute Gasteiger partial charge is 0.573 e. The van der Waals surface area contributed by atoms with Gasteiger partial charge < -0.3 is 14.6 Å². The molecule has 1 amide bonds. The number of amides is 1. The first kappa shape index (κ1) is 19.8. The highest BCUT2D eigenvalue weighted by molar-refractivity contribution is 7.99. The van der Waals surface area contributed by atoms with Crippen molar-refractivity contribution in [1.29, 1.82) is 0 Å². The molecule has 0 radical (unpaired) electrons. The summed E-state index contributed by atoms with van der Waals surface area (Å²) in [6.07, 6.45) is -3.00. The number of anilines is 1. The molecule has 0 spiro atoms. The summed E-state index contributed by atoms with van der Waals surface area (Å²) in [6.45, 7) is 0. The normalized spacial score (nSPS) is 11.3. The van der Waals surface area contributed by atoms with Gasteiger partial charge in [-0.1, -0.05) is 42.1 Å². The van der Waals surface area contributed by atoms with Crippen molar-refractivity contribution in [1.82, 2.24) is 9.55 Å². The number of nitrogens with zero attached hydrogens (tertiary/aromatic N) is 2. The maximum Gasteiger partial charge on any atom is 0.573 e. The predicted molar refractivity (Wildman–Crippen MR) is 101 cm³/mol. The second-order valence-corrected chi connectivity index (χ2v) is 6.70. The Labute approximate surface area is 163 Å². The van der Waals surface area contributed by atoms with Gasteiger partial charge in [0.15, 0.2) is 5.16 Å². The zero-order valence-corrected chi connectivity index (χ0v) is 15.6. The summed E-state index contributed by atoms with van der Waals surface area (Å²) in [5, 5.41) is 3.31. The first-order valence-electron chi connectivity index (χ1n) is 8.17. The first-order chi connectivity index (χ1) is 13.3. The van der Waals surface area contributed by atoms with Gasteiger partial charge in [0.25, 0.3) is 0 Å². The highest BCUT2D eigenvalue weighted by atomic mass is 32.2. The molecule has 2 aromatic carbocycles. The molecule has 9 heteroatoms.